The van der Waals surface area contributed by atoms with Crippen molar-refractivity contribution in [1.29, 1.82) is 0 Å². The average Bonchev–Trinajstić information content (AvgIpc) is 2.27. The van der Waals surface area contributed by atoms with E-state index in [1.165, 1.54) is 11.6 Å². The van der Waals surface area contributed by atoms with Gasteiger partial charge in [-0.05, 0) is 50.7 Å². The van der Waals surface area contributed by atoms with Gasteiger partial charge in [-0.25, -0.2) is 4.79 Å². The molecule has 0 spiro atoms. The molecule has 0 fully saturated rings. The lowest BCUT2D eigenvalue weighted by atomic mass is 10.0. The van der Waals surface area contributed by atoms with Gasteiger partial charge in [-0.3, -0.25) is 0 Å². The first-order valence-electron chi connectivity index (χ1n) is 5.73. The first-order chi connectivity index (χ1) is 8.09. The molecule has 0 aromatic heterocycles. The van der Waals surface area contributed by atoms with Crippen LogP contribution in [0, 0.1) is 0 Å². The largest absolute Gasteiger partial charge is 0.478 e. The van der Waals surface area contributed by atoms with Gasteiger partial charge in [0.05, 0.1) is 0 Å². The summed E-state index contributed by atoms with van der Waals surface area (Å²) in [6.45, 7) is 1.04. The van der Waals surface area contributed by atoms with E-state index in [0.29, 0.717) is 0 Å². The highest BCUT2D eigenvalue weighted by atomic mass is 16.4. The number of benzene rings is 1. The molecule has 0 aliphatic rings. The summed E-state index contributed by atoms with van der Waals surface area (Å²) in [5.74, 6) is -0.909. The Hall–Kier alpha value is -1.61. The number of hydrogen-bond donors (Lipinski definition) is 1. The average molecular weight is 233 g/mol. The predicted octanol–water partition coefficient (Wildman–Crippen LogP) is 2.28. The zero-order valence-corrected chi connectivity index (χ0v) is 10.4. The van der Waals surface area contributed by atoms with Crippen molar-refractivity contribution in [1.82, 2.24) is 4.90 Å². The van der Waals surface area contributed by atoms with Crippen LogP contribution in [0.5, 0.6) is 0 Å². The highest BCUT2D eigenvalue weighted by Gasteiger charge is 2.00. The Morgan fingerprint density at radius 1 is 1.35 bits per heavy atom. The van der Waals surface area contributed by atoms with Crippen molar-refractivity contribution in [3.8, 4) is 0 Å². The molecule has 0 saturated carbocycles. The molecule has 0 unspecified atom stereocenters. The summed E-state index contributed by atoms with van der Waals surface area (Å²) in [6.07, 6.45) is 4.89. The molecule has 1 rings (SSSR count). The predicted molar refractivity (Wildman–Crippen MR) is 70.0 cm³/mol. The second-order valence-corrected chi connectivity index (χ2v) is 4.28. The number of aryl methyl sites for hydroxylation is 1. The summed E-state index contributed by atoms with van der Waals surface area (Å²) in [4.78, 5) is 12.6. The first-order valence-corrected chi connectivity index (χ1v) is 5.73. The fourth-order valence-corrected chi connectivity index (χ4v) is 1.67. The highest BCUT2D eigenvalue weighted by molar-refractivity contribution is 5.85. The van der Waals surface area contributed by atoms with E-state index in [0.717, 1.165) is 24.9 Å². The van der Waals surface area contributed by atoms with Gasteiger partial charge >= 0.3 is 5.97 Å². The SMILES string of the molecule is CN(C)CCCc1ccccc1/C=C/C(=O)O. The van der Waals surface area contributed by atoms with Gasteiger partial charge in [-0.1, -0.05) is 24.3 Å². The van der Waals surface area contributed by atoms with E-state index in [-0.39, 0.29) is 0 Å². The summed E-state index contributed by atoms with van der Waals surface area (Å²) >= 11 is 0. The lowest BCUT2D eigenvalue weighted by molar-refractivity contribution is -0.131. The van der Waals surface area contributed by atoms with Gasteiger partial charge < -0.3 is 10.0 Å². The minimum absolute atomic E-state index is 0.909. The zero-order valence-electron chi connectivity index (χ0n) is 10.4. The third-order valence-corrected chi connectivity index (χ3v) is 2.51. The lowest BCUT2D eigenvalue weighted by Gasteiger charge is -2.10. The van der Waals surface area contributed by atoms with Crippen molar-refractivity contribution in [3.63, 3.8) is 0 Å². The molecular weight excluding hydrogens is 214 g/mol. The number of nitrogens with zero attached hydrogens (tertiary/aromatic N) is 1. The Kier molecular flexibility index (Phi) is 5.43. The maximum Gasteiger partial charge on any atom is 0.328 e. The van der Waals surface area contributed by atoms with Gasteiger partial charge in [-0.15, -0.1) is 0 Å². The second-order valence-electron chi connectivity index (χ2n) is 4.28. The van der Waals surface area contributed by atoms with Gasteiger partial charge in [-0.2, -0.15) is 0 Å². The Morgan fingerprint density at radius 3 is 2.71 bits per heavy atom. The van der Waals surface area contributed by atoms with Crippen molar-refractivity contribution in [3.05, 3.63) is 41.5 Å². The van der Waals surface area contributed by atoms with E-state index in [4.69, 9.17) is 5.11 Å². The van der Waals surface area contributed by atoms with Crippen molar-refractivity contribution in [2.45, 2.75) is 12.8 Å². The van der Waals surface area contributed by atoms with E-state index < -0.39 is 5.97 Å². The minimum Gasteiger partial charge on any atom is -0.478 e. The van der Waals surface area contributed by atoms with Crippen molar-refractivity contribution >= 4 is 12.0 Å². The van der Waals surface area contributed by atoms with Crippen molar-refractivity contribution < 1.29 is 9.90 Å². The molecule has 1 aromatic rings. The third-order valence-electron chi connectivity index (χ3n) is 2.51. The van der Waals surface area contributed by atoms with Gasteiger partial charge in [0.15, 0.2) is 0 Å². The van der Waals surface area contributed by atoms with Gasteiger partial charge in [0, 0.05) is 6.08 Å². The Balaban J connectivity index is 2.67. The van der Waals surface area contributed by atoms with Gasteiger partial charge in [0.2, 0.25) is 0 Å². The van der Waals surface area contributed by atoms with Crippen molar-refractivity contribution in [2.24, 2.45) is 0 Å². The molecule has 92 valence electrons. The molecule has 17 heavy (non-hydrogen) atoms. The quantitative estimate of drug-likeness (QED) is 0.766. The fourth-order valence-electron chi connectivity index (χ4n) is 1.67. The van der Waals surface area contributed by atoms with E-state index in [1.54, 1.807) is 6.08 Å². The third kappa shape index (κ3) is 5.31. The molecule has 3 heteroatoms. The van der Waals surface area contributed by atoms with Crippen LogP contribution in [-0.2, 0) is 11.2 Å². The molecular formula is C14H19NO2. The number of aliphatic carboxylic acids is 1. The molecule has 0 radical (unpaired) electrons. The molecule has 3 nitrogen and oxygen atoms in total. The Bertz CT molecular complexity index is 397. The number of carboxylic acids is 1. The molecule has 0 saturated heterocycles. The molecule has 0 amide bonds. The maximum atomic E-state index is 10.5. The van der Waals surface area contributed by atoms with Crippen LogP contribution in [0.3, 0.4) is 0 Å². The van der Waals surface area contributed by atoms with Crippen LogP contribution in [0.4, 0.5) is 0 Å². The monoisotopic (exact) mass is 233 g/mol. The molecule has 0 aliphatic heterocycles. The van der Waals surface area contributed by atoms with E-state index in [2.05, 4.69) is 25.1 Å². The zero-order chi connectivity index (χ0) is 12.7. The number of carboxylic acid groups (broad SMARTS) is 1. The summed E-state index contributed by atoms with van der Waals surface area (Å²) in [5, 5.41) is 8.62. The van der Waals surface area contributed by atoms with Crippen LogP contribution < -0.4 is 0 Å². The first kappa shape index (κ1) is 13.5. The van der Waals surface area contributed by atoms with Crippen LogP contribution in [0.1, 0.15) is 17.5 Å². The molecule has 1 aromatic carbocycles. The topological polar surface area (TPSA) is 40.5 Å². The molecule has 0 bridgehead atoms. The summed E-state index contributed by atoms with van der Waals surface area (Å²) in [6, 6.07) is 7.92. The van der Waals surface area contributed by atoms with E-state index in [9.17, 15) is 4.79 Å². The smallest absolute Gasteiger partial charge is 0.328 e. The van der Waals surface area contributed by atoms with E-state index in [1.807, 2.05) is 18.2 Å². The normalized spacial score (nSPS) is 11.2. The lowest BCUT2D eigenvalue weighted by Crippen LogP contribution is -2.13. The summed E-state index contributed by atoms with van der Waals surface area (Å²) in [7, 11) is 4.10. The van der Waals surface area contributed by atoms with Crippen LogP contribution in [-0.4, -0.2) is 36.6 Å². The van der Waals surface area contributed by atoms with Crippen LogP contribution in [0.15, 0.2) is 30.3 Å². The maximum absolute atomic E-state index is 10.5. The second kappa shape index (κ2) is 6.86. The Labute approximate surface area is 102 Å². The standard InChI is InChI=1S/C14H19NO2/c1-15(2)11-5-8-12-6-3-4-7-13(12)9-10-14(16)17/h3-4,6-7,9-10H,5,8,11H2,1-2H3,(H,16,17)/b10-9+. The van der Waals surface area contributed by atoms with Crippen LogP contribution in [0.2, 0.25) is 0 Å². The fraction of sp³-hybridized carbons (Fsp3) is 0.357. The molecule has 1 N–H and O–H groups in total. The van der Waals surface area contributed by atoms with Crippen molar-refractivity contribution in [2.75, 3.05) is 20.6 Å². The van der Waals surface area contributed by atoms with Gasteiger partial charge in [0.1, 0.15) is 0 Å². The van der Waals surface area contributed by atoms with Crippen LogP contribution in [0.25, 0.3) is 6.08 Å². The van der Waals surface area contributed by atoms with Gasteiger partial charge in [0.25, 0.3) is 0 Å². The molecule has 0 atom stereocenters. The minimum atomic E-state index is -0.909. The molecule has 0 heterocycles. The van der Waals surface area contributed by atoms with E-state index >= 15 is 0 Å². The van der Waals surface area contributed by atoms with Crippen LogP contribution >= 0.6 is 0 Å². The number of carbonyl (C=O) groups is 1. The Morgan fingerprint density at radius 2 is 2.06 bits per heavy atom. The summed E-state index contributed by atoms with van der Waals surface area (Å²) in [5.41, 5.74) is 2.19. The number of rotatable bonds is 6. The number of hydrogen-bond acceptors (Lipinski definition) is 2. The highest BCUT2D eigenvalue weighted by Crippen LogP contribution is 2.13. The summed E-state index contributed by atoms with van der Waals surface area (Å²) < 4.78 is 0. The molecule has 0 aliphatic carbocycles.